The maximum Gasteiger partial charge on any atom is 0.0106 e. The van der Waals surface area contributed by atoms with Crippen LogP contribution in [0.25, 0.3) is 0 Å². The Hall–Kier alpha value is -0.0800. The monoisotopic (exact) mass is 278 g/mol. The van der Waals surface area contributed by atoms with Gasteiger partial charge in [-0.2, -0.15) is 0 Å². The normalized spacial score (nSPS) is 30.0. The first kappa shape index (κ1) is 14.8. The van der Waals surface area contributed by atoms with Gasteiger partial charge in [0.15, 0.2) is 0 Å². The molecule has 0 atom stereocenters. The smallest absolute Gasteiger partial charge is 0.0106 e. The van der Waals surface area contributed by atoms with Crippen LogP contribution in [0, 0.1) is 17.3 Å². The summed E-state index contributed by atoms with van der Waals surface area (Å²) >= 11 is 0. The van der Waals surface area contributed by atoms with E-state index in [9.17, 15) is 0 Å². The highest BCUT2D eigenvalue weighted by Crippen LogP contribution is 2.51. The Balaban J connectivity index is 1.43. The van der Waals surface area contributed by atoms with Crippen LogP contribution in [-0.4, -0.2) is 48.6 Å². The fourth-order valence-corrected chi connectivity index (χ4v) is 4.90. The number of hydrogen-bond acceptors (Lipinski definition) is 2. The lowest BCUT2D eigenvalue weighted by atomic mass is 9.59. The van der Waals surface area contributed by atoms with Gasteiger partial charge in [0, 0.05) is 6.04 Å². The topological polar surface area (TPSA) is 6.48 Å². The fraction of sp³-hybridized carbons (Fsp3) is 1.00. The van der Waals surface area contributed by atoms with Crippen molar-refractivity contribution in [3.05, 3.63) is 0 Å². The first-order valence-corrected chi connectivity index (χ1v) is 9.08. The number of nitrogens with zero attached hydrogens (tertiary/aromatic N) is 2. The molecule has 116 valence electrons. The third kappa shape index (κ3) is 2.92. The highest BCUT2D eigenvalue weighted by molar-refractivity contribution is 5.01. The summed E-state index contributed by atoms with van der Waals surface area (Å²) < 4.78 is 0. The van der Waals surface area contributed by atoms with Crippen LogP contribution in [-0.2, 0) is 0 Å². The second-order valence-electron chi connectivity index (χ2n) is 8.11. The lowest BCUT2D eigenvalue weighted by molar-refractivity contribution is -0.0528. The molecule has 2 heteroatoms. The van der Waals surface area contributed by atoms with Crippen molar-refractivity contribution in [2.75, 3.05) is 32.7 Å². The maximum atomic E-state index is 2.83. The molecule has 0 aromatic heterocycles. The molecule has 3 aliphatic rings. The van der Waals surface area contributed by atoms with E-state index in [1.807, 2.05) is 0 Å². The van der Waals surface area contributed by atoms with Gasteiger partial charge >= 0.3 is 0 Å². The van der Waals surface area contributed by atoms with Crippen molar-refractivity contribution in [2.24, 2.45) is 17.3 Å². The molecule has 0 unspecified atom stereocenters. The van der Waals surface area contributed by atoms with E-state index in [1.54, 1.807) is 0 Å². The van der Waals surface area contributed by atoms with Gasteiger partial charge < -0.3 is 9.80 Å². The molecule has 0 bridgehead atoms. The summed E-state index contributed by atoms with van der Waals surface area (Å²) in [5.74, 6) is 1.89. The van der Waals surface area contributed by atoms with Crippen LogP contribution in [0.1, 0.15) is 59.3 Å². The van der Waals surface area contributed by atoms with Crippen molar-refractivity contribution < 1.29 is 0 Å². The quantitative estimate of drug-likeness (QED) is 0.778. The van der Waals surface area contributed by atoms with Crippen LogP contribution in [0.3, 0.4) is 0 Å². The third-order valence-electron chi connectivity index (χ3n) is 6.73. The Morgan fingerprint density at radius 3 is 2.10 bits per heavy atom. The lowest BCUT2D eigenvalue weighted by Gasteiger charge is -2.56. The highest BCUT2D eigenvalue weighted by Gasteiger charge is 2.47. The second kappa shape index (κ2) is 5.96. The van der Waals surface area contributed by atoms with Gasteiger partial charge in [-0.25, -0.2) is 0 Å². The summed E-state index contributed by atoms with van der Waals surface area (Å²) in [7, 11) is 0. The molecule has 2 nitrogen and oxygen atoms in total. The summed E-state index contributed by atoms with van der Waals surface area (Å²) in [6.45, 7) is 13.8. The molecule has 0 aromatic rings. The van der Waals surface area contributed by atoms with E-state index in [0.29, 0.717) is 0 Å². The van der Waals surface area contributed by atoms with Crippen LogP contribution in [0.5, 0.6) is 0 Å². The summed E-state index contributed by atoms with van der Waals surface area (Å²) in [4.78, 5) is 5.46. The molecule has 20 heavy (non-hydrogen) atoms. The van der Waals surface area contributed by atoms with E-state index < -0.39 is 0 Å². The van der Waals surface area contributed by atoms with Gasteiger partial charge in [-0.05, 0) is 88.5 Å². The number of hydrogen-bond donors (Lipinski definition) is 0. The number of rotatable bonds is 3. The third-order valence-corrected chi connectivity index (χ3v) is 6.73. The van der Waals surface area contributed by atoms with Gasteiger partial charge in [-0.1, -0.05) is 20.8 Å². The molecule has 2 aliphatic heterocycles. The summed E-state index contributed by atoms with van der Waals surface area (Å²) in [5, 5.41) is 0. The molecule has 0 radical (unpaired) electrons. The molecule has 3 rings (SSSR count). The number of piperidine rings is 2. The maximum absolute atomic E-state index is 2.83. The van der Waals surface area contributed by atoms with Gasteiger partial charge in [-0.3, -0.25) is 0 Å². The Morgan fingerprint density at radius 2 is 1.60 bits per heavy atom. The highest BCUT2D eigenvalue weighted by atomic mass is 15.2. The summed E-state index contributed by atoms with van der Waals surface area (Å²) in [6, 6.07) is 0.941. The number of likely N-dealkylation sites (tertiary alicyclic amines) is 2. The Morgan fingerprint density at radius 1 is 1.00 bits per heavy atom. The van der Waals surface area contributed by atoms with Crippen LogP contribution < -0.4 is 0 Å². The Kier molecular flexibility index (Phi) is 4.42. The van der Waals surface area contributed by atoms with Gasteiger partial charge in [0.05, 0.1) is 0 Å². The first-order chi connectivity index (χ1) is 9.62. The molecule has 1 aliphatic carbocycles. The average Bonchev–Trinajstić information content (AvgIpc) is 2.45. The molecule has 0 aromatic carbocycles. The van der Waals surface area contributed by atoms with Crippen LogP contribution >= 0.6 is 0 Å². The minimum absolute atomic E-state index is 0.755. The van der Waals surface area contributed by atoms with Crippen molar-refractivity contribution in [3.63, 3.8) is 0 Å². The molecule has 3 fully saturated rings. The van der Waals surface area contributed by atoms with E-state index in [2.05, 4.69) is 30.6 Å². The molecular weight excluding hydrogens is 244 g/mol. The predicted molar refractivity (Wildman–Crippen MR) is 85.9 cm³/mol. The van der Waals surface area contributed by atoms with Crippen molar-refractivity contribution in [1.82, 2.24) is 9.80 Å². The predicted octanol–water partition coefficient (Wildman–Crippen LogP) is 3.62. The van der Waals surface area contributed by atoms with E-state index in [1.165, 1.54) is 71.2 Å². The average molecular weight is 278 g/mol. The SMILES string of the molecule is CCN1CCC2(CC1)CC(N1CCC(C(C)C)CC1)C2. The molecular formula is C18H34N2. The van der Waals surface area contributed by atoms with Crippen molar-refractivity contribution in [3.8, 4) is 0 Å². The van der Waals surface area contributed by atoms with Crippen molar-refractivity contribution in [1.29, 1.82) is 0 Å². The van der Waals surface area contributed by atoms with Gasteiger partial charge in [0.2, 0.25) is 0 Å². The molecule has 0 N–H and O–H groups in total. The molecule has 1 saturated carbocycles. The Labute approximate surface area is 125 Å². The van der Waals surface area contributed by atoms with Crippen molar-refractivity contribution >= 4 is 0 Å². The van der Waals surface area contributed by atoms with E-state index in [-0.39, 0.29) is 0 Å². The minimum atomic E-state index is 0.755. The zero-order valence-corrected chi connectivity index (χ0v) is 13.9. The van der Waals surface area contributed by atoms with E-state index in [0.717, 1.165) is 23.3 Å². The van der Waals surface area contributed by atoms with E-state index in [4.69, 9.17) is 0 Å². The largest absolute Gasteiger partial charge is 0.304 e. The van der Waals surface area contributed by atoms with Gasteiger partial charge in [-0.15, -0.1) is 0 Å². The minimum Gasteiger partial charge on any atom is -0.304 e. The van der Waals surface area contributed by atoms with E-state index >= 15 is 0 Å². The molecule has 2 heterocycles. The molecule has 0 amide bonds. The lowest BCUT2D eigenvalue weighted by Crippen LogP contribution is -2.56. The second-order valence-corrected chi connectivity index (χ2v) is 8.11. The van der Waals surface area contributed by atoms with Gasteiger partial charge in [0.1, 0.15) is 0 Å². The van der Waals surface area contributed by atoms with Crippen LogP contribution in [0.4, 0.5) is 0 Å². The summed E-state index contributed by atoms with van der Waals surface area (Å²) in [5.41, 5.74) is 0.755. The fourth-order valence-electron chi connectivity index (χ4n) is 4.90. The van der Waals surface area contributed by atoms with Crippen LogP contribution in [0.2, 0.25) is 0 Å². The zero-order valence-electron chi connectivity index (χ0n) is 13.9. The molecule has 1 spiro atoms. The van der Waals surface area contributed by atoms with Crippen LogP contribution in [0.15, 0.2) is 0 Å². The summed E-state index contributed by atoms with van der Waals surface area (Å²) in [6.07, 6.45) is 8.86. The zero-order chi connectivity index (χ0) is 14.2. The van der Waals surface area contributed by atoms with Crippen molar-refractivity contribution in [2.45, 2.75) is 65.3 Å². The first-order valence-electron chi connectivity index (χ1n) is 9.08. The van der Waals surface area contributed by atoms with Gasteiger partial charge in [0.25, 0.3) is 0 Å². The standard InChI is InChI=1S/C18H34N2/c1-4-19-11-7-18(8-12-19)13-17(14-18)20-9-5-16(6-10-20)15(2)3/h15-17H,4-14H2,1-3H3. The molecule has 2 saturated heterocycles. The Bertz CT molecular complexity index is 301.